The number of aromatic nitrogens is 3. The van der Waals surface area contributed by atoms with E-state index in [2.05, 4.69) is 46.4 Å². The Balaban J connectivity index is 1.95. The van der Waals surface area contributed by atoms with Crippen molar-refractivity contribution in [2.24, 2.45) is 0 Å². The first-order valence-corrected chi connectivity index (χ1v) is 7.26. The molecule has 0 aliphatic carbocycles. The maximum atomic E-state index is 4.42. The van der Waals surface area contributed by atoms with Crippen LogP contribution in [0.1, 0.15) is 42.9 Å². The molecule has 102 valence electrons. The van der Waals surface area contributed by atoms with Crippen LogP contribution in [0.5, 0.6) is 0 Å². The summed E-state index contributed by atoms with van der Waals surface area (Å²) >= 11 is 1.66. The molecule has 0 aromatic carbocycles. The van der Waals surface area contributed by atoms with Crippen LogP contribution in [0.2, 0.25) is 0 Å². The molecular formula is C14H20N4S. The fourth-order valence-electron chi connectivity index (χ4n) is 1.55. The second-order valence-electron chi connectivity index (χ2n) is 5.67. The summed E-state index contributed by atoms with van der Waals surface area (Å²) < 4.78 is 0. The van der Waals surface area contributed by atoms with Crippen molar-refractivity contribution >= 4 is 11.3 Å². The summed E-state index contributed by atoms with van der Waals surface area (Å²) in [4.78, 5) is 13.2. The van der Waals surface area contributed by atoms with E-state index in [1.807, 2.05) is 19.3 Å². The Hall–Kier alpha value is -1.33. The van der Waals surface area contributed by atoms with E-state index in [1.165, 1.54) is 0 Å². The van der Waals surface area contributed by atoms with Crippen LogP contribution in [-0.2, 0) is 13.0 Å². The number of rotatable bonds is 4. The van der Waals surface area contributed by atoms with Gasteiger partial charge in [0.05, 0.1) is 6.42 Å². The predicted molar refractivity (Wildman–Crippen MR) is 78.3 cm³/mol. The van der Waals surface area contributed by atoms with E-state index in [4.69, 9.17) is 0 Å². The molecule has 0 unspecified atom stereocenters. The average Bonchev–Trinajstić information content (AvgIpc) is 2.73. The summed E-state index contributed by atoms with van der Waals surface area (Å²) in [5.74, 6) is 0.828. The number of thiazole rings is 1. The quantitative estimate of drug-likeness (QED) is 0.933. The fraction of sp³-hybridized carbons (Fsp3) is 0.500. The van der Waals surface area contributed by atoms with Crippen LogP contribution in [0.4, 0.5) is 0 Å². The van der Waals surface area contributed by atoms with Crippen molar-refractivity contribution in [1.29, 1.82) is 0 Å². The molecule has 0 saturated heterocycles. The van der Waals surface area contributed by atoms with Gasteiger partial charge >= 0.3 is 0 Å². The summed E-state index contributed by atoms with van der Waals surface area (Å²) in [6.45, 7) is 9.23. The van der Waals surface area contributed by atoms with Gasteiger partial charge < -0.3 is 5.32 Å². The Morgan fingerprint density at radius 3 is 2.42 bits per heavy atom. The second kappa shape index (κ2) is 5.75. The lowest BCUT2D eigenvalue weighted by molar-refractivity contribution is 0.423. The van der Waals surface area contributed by atoms with E-state index in [0.717, 1.165) is 28.6 Å². The summed E-state index contributed by atoms with van der Waals surface area (Å²) in [6, 6.07) is 0. The first-order chi connectivity index (χ1) is 8.92. The maximum Gasteiger partial charge on any atom is 0.135 e. The second-order valence-corrected chi connectivity index (χ2v) is 6.61. The van der Waals surface area contributed by atoms with Crippen LogP contribution < -0.4 is 5.32 Å². The van der Waals surface area contributed by atoms with Gasteiger partial charge in [0.25, 0.3) is 0 Å². The SMILES string of the molecule is Cc1csc(Cc2ncc(CNC(C)(C)C)cn2)n1. The predicted octanol–water partition coefficient (Wildman–Crippen LogP) is 2.72. The third-order valence-electron chi connectivity index (χ3n) is 2.56. The van der Waals surface area contributed by atoms with Gasteiger partial charge in [-0.05, 0) is 27.7 Å². The van der Waals surface area contributed by atoms with Crippen LogP contribution in [0.15, 0.2) is 17.8 Å². The van der Waals surface area contributed by atoms with Crippen LogP contribution in [-0.4, -0.2) is 20.5 Å². The van der Waals surface area contributed by atoms with Gasteiger partial charge in [-0.3, -0.25) is 0 Å². The zero-order chi connectivity index (χ0) is 13.9. The van der Waals surface area contributed by atoms with Crippen molar-refractivity contribution < 1.29 is 0 Å². The first-order valence-electron chi connectivity index (χ1n) is 6.38. The Labute approximate surface area is 118 Å². The van der Waals surface area contributed by atoms with E-state index in [0.29, 0.717) is 6.42 Å². The molecule has 0 aliphatic rings. The summed E-state index contributed by atoms with van der Waals surface area (Å²) in [7, 11) is 0. The number of hydrogen-bond donors (Lipinski definition) is 1. The number of aryl methyl sites for hydroxylation is 1. The number of hydrogen-bond acceptors (Lipinski definition) is 5. The highest BCUT2D eigenvalue weighted by Gasteiger charge is 2.09. The van der Waals surface area contributed by atoms with Gasteiger partial charge in [0.15, 0.2) is 0 Å². The van der Waals surface area contributed by atoms with Crippen LogP contribution in [0.25, 0.3) is 0 Å². The lowest BCUT2D eigenvalue weighted by Gasteiger charge is -2.20. The van der Waals surface area contributed by atoms with E-state index in [-0.39, 0.29) is 5.54 Å². The normalized spacial score (nSPS) is 11.8. The minimum Gasteiger partial charge on any atom is -0.308 e. The van der Waals surface area contributed by atoms with Gasteiger partial charge in [0, 0.05) is 41.1 Å². The Morgan fingerprint density at radius 1 is 1.21 bits per heavy atom. The molecule has 2 rings (SSSR count). The standard InChI is InChI=1S/C14H20N4S/c1-10-9-19-13(18-10)5-12-15-6-11(7-16-12)8-17-14(2,3)4/h6-7,9,17H,5,8H2,1-4H3. The smallest absolute Gasteiger partial charge is 0.135 e. The van der Waals surface area contributed by atoms with Crippen molar-refractivity contribution in [3.05, 3.63) is 39.9 Å². The van der Waals surface area contributed by atoms with E-state index >= 15 is 0 Å². The summed E-state index contributed by atoms with van der Waals surface area (Å²) in [5.41, 5.74) is 2.27. The molecule has 0 atom stereocenters. The van der Waals surface area contributed by atoms with E-state index in [1.54, 1.807) is 11.3 Å². The highest BCUT2D eigenvalue weighted by Crippen LogP contribution is 2.12. The molecule has 2 aromatic heterocycles. The third-order valence-corrected chi connectivity index (χ3v) is 3.52. The number of nitrogens with zero attached hydrogens (tertiary/aromatic N) is 3. The molecule has 2 aromatic rings. The molecular weight excluding hydrogens is 256 g/mol. The molecule has 0 amide bonds. The molecule has 2 heterocycles. The molecule has 1 N–H and O–H groups in total. The minimum atomic E-state index is 0.108. The molecule has 0 radical (unpaired) electrons. The molecule has 0 saturated carbocycles. The van der Waals surface area contributed by atoms with Crippen molar-refractivity contribution in [1.82, 2.24) is 20.3 Å². The molecule has 5 heteroatoms. The largest absolute Gasteiger partial charge is 0.308 e. The maximum absolute atomic E-state index is 4.42. The lowest BCUT2D eigenvalue weighted by Crippen LogP contribution is -2.35. The van der Waals surface area contributed by atoms with Crippen molar-refractivity contribution in [2.75, 3.05) is 0 Å². The van der Waals surface area contributed by atoms with Gasteiger partial charge in [-0.2, -0.15) is 0 Å². The number of nitrogens with one attached hydrogen (secondary N) is 1. The zero-order valence-electron chi connectivity index (χ0n) is 11.9. The van der Waals surface area contributed by atoms with E-state index in [9.17, 15) is 0 Å². The van der Waals surface area contributed by atoms with Gasteiger partial charge in [0.2, 0.25) is 0 Å². The molecule has 0 bridgehead atoms. The lowest BCUT2D eigenvalue weighted by atomic mass is 10.1. The Kier molecular flexibility index (Phi) is 4.27. The van der Waals surface area contributed by atoms with Crippen LogP contribution >= 0.6 is 11.3 Å². The van der Waals surface area contributed by atoms with Gasteiger partial charge in [0.1, 0.15) is 10.8 Å². The van der Waals surface area contributed by atoms with Gasteiger partial charge in [-0.25, -0.2) is 15.0 Å². The summed E-state index contributed by atoms with van der Waals surface area (Å²) in [5, 5.41) is 6.54. The zero-order valence-corrected chi connectivity index (χ0v) is 12.7. The molecule has 0 spiro atoms. The topological polar surface area (TPSA) is 50.7 Å². The van der Waals surface area contributed by atoms with Crippen molar-refractivity contribution in [2.45, 2.75) is 46.2 Å². The van der Waals surface area contributed by atoms with Gasteiger partial charge in [-0.1, -0.05) is 0 Å². The fourth-order valence-corrected chi connectivity index (χ4v) is 2.32. The highest BCUT2D eigenvalue weighted by atomic mass is 32.1. The molecule has 4 nitrogen and oxygen atoms in total. The Bertz CT molecular complexity index is 525. The average molecular weight is 276 g/mol. The van der Waals surface area contributed by atoms with E-state index < -0.39 is 0 Å². The van der Waals surface area contributed by atoms with Crippen LogP contribution in [0.3, 0.4) is 0 Å². The highest BCUT2D eigenvalue weighted by molar-refractivity contribution is 7.09. The Morgan fingerprint density at radius 2 is 1.89 bits per heavy atom. The monoisotopic (exact) mass is 276 g/mol. The molecule has 0 fully saturated rings. The van der Waals surface area contributed by atoms with Crippen LogP contribution in [0, 0.1) is 6.92 Å². The third kappa shape index (κ3) is 4.69. The summed E-state index contributed by atoms with van der Waals surface area (Å²) in [6.07, 6.45) is 4.49. The van der Waals surface area contributed by atoms with Crippen molar-refractivity contribution in [3.63, 3.8) is 0 Å². The molecule has 0 aliphatic heterocycles. The van der Waals surface area contributed by atoms with Crippen molar-refractivity contribution in [3.8, 4) is 0 Å². The minimum absolute atomic E-state index is 0.108. The first kappa shape index (κ1) is 14.1. The molecule has 19 heavy (non-hydrogen) atoms. The van der Waals surface area contributed by atoms with Gasteiger partial charge in [-0.15, -0.1) is 11.3 Å².